The molecule has 1 aromatic carbocycles. The van der Waals surface area contributed by atoms with Crippen molar-refractivity contribution < 1.29 is 9.60 Å². The predicted molar refractivity (Wildman–Crippen MR) is 86.5 cm³/mol. The third-order valence-electron chi connectivity index (χ3n) is 4.42. The Balaban J connectivity index is 1.65. The summed E-state index contributed by atoms with van der Waals surface area (Å²) in [6.07, 6.45) is 6.72. The zero-order chi connectivity index (χ0) is 15.8. The molecule has 23 heavy (non-hydrogen) atoms. The molecule has 4 nitrogen and oxygen atoms in total. The Morgan fingerprint density at radius 1 is 1.30 bits per heavy atom. The van der Waals surface area contributed by atoms with Crippen molar-refractivity contribution in [3.63, 3.8) is 0 Å². The molecule has 1 aliphatic heterocycles. The van der Waals surface area contributed by atoms with E-state index in [-0.39, 0.29) is 5.82 Å². The van der Waals surface area contributed by atoms with Crippen molar-refractivity contribution >= 4 is 17.7 Å². The van der Waals surface area contributed by atoms with Crippen LogP contribution in [0.1, 0.15) is 41.0 Å². The zero-order valence-electron chi connectivity index (χ0n) is 12.5. The van der Waals surface area contributed by atoms with Gasteiger partial charge < -0.3 is 5.21 Å². The fraction of sp³-hybridized carbons (Fsp3) is 0.278. The predicted octanol–water partition coefficient (Wildman–Crippen LogP) is 3.78. The van der Waals surface area contributed by atoms with E-state index in [1.165, 1.54) is 6.07 Å². The molecule has 0 amide bonds. The normalized spacial score (nSPS) is 16.7. The molecular weight excluding hydrogens is 293 g/mol. The lowest BCUT2D eigenvalue weighted by molar-refractivity contribution is 0.318. The quantitative estimate of drug-likeness (QED) is 0.531. The Labute approximate surface area is 133 Å². The fourth-order valence-corrected chi connectivity index (χ4v) is 3.08. The minimum atomic E-state index is -0.142. The maximum absolute atomic E-state index is 13.9. The van der Waals surface area contributed by atoms with Crippen molar-refractivity contribution in [2.75, 3.05) is 0 Å². The van der Waals surface area contributed by atoms with Crippen LogP contribution in [0.15, 0.2) is 40.6 Å². The lowest BCUT2D eigenvalue weighted by Gasteiger charge is -2.10. The molecule has 5 heteroatoms. The van der Waals surface area contributed by atoms with Gasteiger partial charge in [0, 0.05) is 36.4 Å². The molecule has 0 radical (unpaired) electrons. The number of pyridine rings is 1. The minimum absolute atomic E-state index is 0.142. The number of aliphatic imine (C=N–C) groups is 1. The SMILES string of the molecule is O/N=C(\Cc1ccc(F)c(C2CC2)c1)c1ccnc2c1CC=N2. The number of halogens is 1. The highest BCUT2D eigenvalue weighted by Gasteiger charge is 2.27. The number of aromatic nitrogens is 1. The lowest BCUT2D eigenvalue weighted by atomic mass is 9.96. The monoisotopic (exact) mass is 309 g/mol. The molecule has 0 bridgehead atoms. The average Bonchev–Trinajstić information content (AvgIpc) is 3.30. The summed E-state index contributed by atoms with van der Waals surface area (Å²) in [6, 6.07) is 7.01. The molecule has 116 valence electrons. The summed E-state index contributed by atoms with van der Waals surface area (Å²) in [5.74, 6) is 0.890. The smallest absolute Gasteiger partial charge is 0.155 e. The second-order valence-corrected chi connectivity index (χ2v) is 6.03. The fourth-order valence-electron chi connectivity index (χ4n) is 3.08. The van der Waals surface area contributed by atoms with Gasteiger partial charge >= 0.3 is 0 Å². The van der Waals surface area contributed by atoms with Crippen molar-refractivity contribution in [2.45, 2.75) is 31.6 Å². The van der Waals surface area contributed by atoms with E-state index >= 15 is 0 Å². The van der Waals surface area contributed by atoms with Crippen molar-refractivity contribution in [1.82, 2.24) is 4.98 Å². The zero-order valence-corrected chi connectivity index (χ0v) is 12.5. The van der Waals surface area contributed by atoms with Gasteiger partial charge in [0.2, 0.25) is 0 Å². The van der Waals surface area contributed by atoms with Crippen LogP contribution in [0, 0.1) is 5.82 Å². The first-order valence-corrected chi connectivity index (χ1v) is 7.76. The summed E-state index contributed by atoms with van der Waals surface area (Å²) < 4.78 is 13.9. The van der Waals surface area contributed by atoms with Crippen molar-refractivity contribution in [3.05, 3.63) is 58.5 Å². The van der Waals surface area contributed by atoms with E-state index in [1.807, 2.05) is 12.1 Å². The van der Waals surface area contributed by atoms with Gasteiger partial charge in [0.1, 0.15) is 5.82 Å². The number of benzene rings is 1. The molecule has 2 heterocycles. The molecule has 1 saturated carbocycles. The molecule has 0 unspecified atom stereocenters. The third kappa shape index (κ3) is 2.63. The molecule has 2 aliphatic rings. The summed E-state index contributed by atoms with van der Waals surface area (Å²) in [7, 11) is 0. The van der Waals surface area contributed by atoms with Gasteiger partial charge in [-0.15, -0.1) is 0 Å². The van der Waals surface area contributed by atoms with Gasteiger partial charge in [-0.1, -0.05) is 17.3 Å². The van der Waals surface area contributed by atoms with Crippen molar-refractivity contribution in [2.24, 2.45) is 10.1 Å². The van der Waals surface area contributed by atoms with E-state index in [0.717, 1.165) is 35.1 Å². The summed E-state index contributed by atoms with van der Waals surface area (Å²) in [5.41, 5.74) is 4.12. The average molecular weight is 309 g/mol. The van der Waals surface area contributed by atoms with Gasteiger partial charge in [-0.2, -0.15) is 0 Å². The van der Waals surface area contributed by atoms with Gasteiger partial charge in [0.05, 0.1) is 5.71 Å². The van der Waals surface area contributed by atoms with Gasteiger partial charge in [0.15, 0.2) is 5.82 Å². The minimum Gasteiger partial charge on any atom is -0.411 e. The van der Waals surface area contributed by atoms with E-state index in [1.54, 1.807) is 18.5 Å². The topological polar surface area (TPSA) is 57.8 Å². The van der Waals surface area contributed by atoms with Crippen LogP contribution >= 0.6 is 0 Å². The highest BCUT2D eigenvalue weighted by atomic mass is 19.1. The Morgan fingerprint density at radius 3 is 2.96 bits per heavy atom. The lowest BCUT2D eigenvalue weighted by Crippen LogP contribution is -2.09. The van der Waals surface area contributed by atoms with Gasteiger partial charge in [0.25, 0.3) is 0 Å². The number of oxime groups is 1. The van der Waals surface area contributed by atoms with Crippen LogP contribution in [0.3, 0.4) is 0 Å². The molecule has 1 aromatic heterocycles. The van der Waals surface area contributed by atoms with E-state index in [4.69, 9.17) is 0 Å². The Kier molecular flexibility index (Phi) is 3.41. The summed E-state index contributed by atoms with van der Waals surface area (Å²) in [5, 5.41) is 13.0. The third-order valence-corrected chi connectivity index (χ3v) is 4.42. The van der Waals surface area contributed by atoms with E-state index in [0.29, 0.717) is 30.3 Å². The van der Waals surface area contributed by atoms with E-state index < -0.39 is 0 Å². The molecular formula is C18H16FN3O. The maximum Gasteiger partial charge on any atom is 0.155 e. The Hall–Kier alpha value is -2.56. The van der Waals surface area contributed by atoms with Crippen LogP contribution < -0.4 is 0 Å². The first-order valence-electron chi connectivity index (χ1n) is 7.76. The van der Waals surface area contributed by atoms with Crippen LogP contribution in [0.2, 0.25) is 0 Å². The van der Waals surface area contributed by atoms with E-state index in [2.05, 4.69) is 15.1 Å². The maximum atomic E-state index is 13.9. The standard InChI is InChI=1S/C18H16FN3O/c19-16-4-1-11(9-15(16)12-2-3-12)10-17(22-23)13-5-7-20-18-14(13)6-8-21-18/h1,4-5,7-9,12,23H,2-3,6,10H2/b22-17+. The second-order valence-electron chi connectivity index (χ2n) is 6.03. The van der Waals surface area contributed by atoms with Crippen LogP contribution in [-0.2, 0) is 12.8 Å². The number of fused-ring (bicyclic) bond motifs is 1. The van der Waals surface area contributed by atoms with Crippen LogP contribution in [0.25, 0.3) is 0 Å². The molecule has 4 rings (SSSR count). The molecule has 0 saturated heterocycles. The first-order chi connectivity index (χ1) is 11.3. The van der Waals surface area contributed by atoms with Crippen LogP contribution in [-0.4, -0.2) is 22.1 Å². The molecule has 1 fully saturated rings. The van der Waals surface area contributed by atoms with Crippen LogP contribution in [0.4, 0.5) is 10.2 Å². The molecule has 2 aromatic rings. The van der Waals surface area contributed by atoms with Gasteiger partial charge in [-0.05, 0) is 42.0 Å². The van der Waals surface area contributed by atoms with E-state index in [9.17, 15) is 9.60 Å². The second kappa shape index (κ2) is 5.57. The molecule has 1 aliphatic carbocycles. The van der Waals surface area contributed by atoms with Gasteiger partial charge in [-0.25, -0.2) is 14.4 Å². The summed E-state index contributed by atoms with van der Waals surface area (Å²) >= 11 is 0. The highest BCUT2D eigenvalue weighted by molar-refractivity contribution is 6.04. The molecule has 0 atom stereocenters. The number of nitrogens with zero attached hydrogens (tertiary/aromatic N) is 3. The number of rotatable bonds is 4. The Bertz CT molecular complexity index is 825. The van der Waals surface area contributed by atoms with Crippen molar-refractivity contribution in [1.29, 1.82) is 0 Å². The summed E-state index contributed by atoms with van der Waals surface area (Å²) in [4.78, 5) is 8.44. The first kappa shape index (κ1) is 14.1. The van der Waals surface area contributed by atoms with Gasteiger partial charge in [-0.3, -0.25) is 0 Å². The Morgan fingerprint density at radius 2 is 2.17 bits per heavy atom. The number of hydrogen-bond donors (Lipinski definition) is 1. The summed E-state index contributed by atoms with van der Waals surface area (Å²) in [6.45, 7) is 0. The highest BCUT2D eigenvalue weighted by Crippen LogP contribution is 2.41. The van der Waals surface area contributed by atoms with Crippen LogP contribution in [0.5, 0.6) is 0 Å². The number of hydrogen-bond acceptors (Lipinski definition) is 4. The largest absolute Gasteiger partial charge is 0.411 e. The molecule has 0 spiro atoms. The van der Waals surface area contributed by atoms with Crippen molar-refractivity contribution in [3.8, 4) is 0 Å². The molecule has 1 N–H and O–H groups in total.